The summed E-state index contributed by atoms with van der Waals surface area (Å²) in [5, 5.41) is 18.7. The number of aliphatic carboxylic acids is 1. The van der Waals surface area contributed by atoms with Gasteiger partial charge in [0.1, 0.15) is 0 Å². The zero-order chi connectivity index (χ0) is 16.0. The van der Waals surface area contributed by atoms with Gasteiger partial charge in [-0.3, -0.25) is 14.7 Å². The van der Waals surface area contributed by atoms with Crippen molar-refractivity contribution in [1.29, 1.82) is 0 Å². The first-order valence-corrected chi connectivity index (χ1v) is 7.28. The van der Waals surface area contributed by atoms with E-state index in [4.69, 9.17) is 5.11 Å². The number of aryl methyl sites for hydroxylation is 2. The number of nitrogens with zero attached hydrogens (tertiary/aromatic N) is 1. The molecule has 118 valence electrons. The minimum atomic E-state index is -0.823. The van der Waals surface area contributed by atoms with E-state index in [0.29, 0.717) is 12.5 Å². The molecule has 1 aromatic heterocycles. The number of rotatable bonds is 8. The Balaban J connectivity index is 2.51. The summed E-state index contributed by atoms with van der Waals surface area (Å²) in [6.07, 6.45) is 1.15. The fourth-order valence-corrected chi connectivity index (χ4v) is 2.47. The molecule has 0 aliphatic carbocycles. The van der Waals surface area contributed by atoms with Crippen LogP contribution >= 0.6 is 0 Å². The monoisotopic (exact) mass is 295 g/mol. The van der Waals surface area contributed by atoms with E-state index < -0.39 is 5.97 Å². The highest BCUT2D eigenvalue weighted by molar-refractivity contribution is 5.79. The molecular weight excluding hydrogens is 270 g/mol. The van der Waals surface area contributed by atoms with Gasteiger partial charge in [-0.1, -0.05) is 13.8 Å². The van der Waals surface area contributed by atoms with E-state index >= 15 is 0 Å². The van der Waals surface area contributed by atoms with Gasteiger partial charge in [-0.15, -0.1) is 0 Å². The summed E-state index contributed by atoms with van der Waals surface area (Å²) in [6, 6.07) is 0. The van der Waals surface area contributed by atoms with Gasteiger partial charge in [0.15, 0.2) is 0 Å². The molecule has 3 N–H and O–H groups in total. The zero-order valence-corrected chi connectivity index (χ0v) is 13.2. The number of carbonyl (C=O) groups excluding carboxylic acids is 1. The Morgan fingerprint density at radius 1 is 1.33 bits per heavy atom. The van der Waals surface area contributed by atoms with Crippen molar-refractivity contribution in [3.63, 3.8) is 0 Å². The topological polar surface area (TPSA) is 95.1 Å². The summed E-state index contributed by atoms with van der Waals surface area (Å²) in [5.41, 5.74) is 2.63. The van der Waals surface area contributed by atoms with Crippen molar-refractivity contribution in [2.45, 2.75) is 47.0 Å². The van der Waals surface area contributed by atoms with E-state index in [-0.39, 0.29) is 24.7 Å². The van der Waals surface area contributed by atoms with Crippen molar-refractivity contribution in [3.05, 3.63) is 17.0 Å². The molecule has 6 heteroatoms. The highest BCUT2D eigenvalue weighted by atomic mass is 16.4. The molecule has 1 unspecified atom stereocenters. The summed E-state index contributed by atoms with van der Waals surface area (Å²) in [7, 11) is 0. The normalized spacial score (nSPS) is 12.4. The second-order valence-electron chi connectivity index (χ2n) is 5.99. The van der Waals surface area contributed by atoms with E-state index in [1.165, 1.54) is 0 Å². The fourth-order valence-electron chi connectivity index (χ4n) is 2.47. The van der Waals surface area contributed by atoms with Gasteiger partial charge in [-0.2, -0.15) is 5.10 Å². The van der Waals surface area contributed by atoms with E-state index in [9.17, 15) is 9.59 Å². The van der Waals surface area contributed by atoms with Crippen molar-refractivity contribution in [3.8, 4) is 0 Å². The van der Waals surface area contributed by atoms with Gasteiger partial charge in [-0.05, 0) is 32.1 Å². The molecule has 1 rings (SSSR count). The van der Waals surface area contributed by atoms with Crippen LogP contribution in [0.3, 0.4) is 0 Å². The smallest absolute Gasteiger partial charge is 0.303 e. The molecule has 0 bridgehead atoms. The second-order valence-corrected chi connectivity index (χ2v) is 5.99. The number of aromatic nitrogens is 2. The first-order chi connectivity index (χ1) is 9.79. The van der Waals surface area contributed by atoms with Crippen LogP contribution in [0, 0.1) is 25.7 Å². The molecule has 0 saturated carbocycles. The van der Waals surface area contributed by atoms with E-state index in [1.54, 1.807) is 0 Å². The Kier molecular flexibility index (Phi) is 6.39. The van der Waals surface area contributed by atoms with Crippen LogP contribution in [0.25, 0.3) is 0 Å². The van der Waals surface area contributed by atoms with Gasteiger partial charge >= 0.3 is 5.97 Å². The number of carboxylic acids is 1. The number of carbonyl (C=O) groups is 2. The molecular formula is C15H25N3O3. The summed E-state index contributed by atoms with van der Waals surface area (Å²) < 4.78 is 0. The Bertz CT molecular complexity index is 475. The third kappa shape index (κ3) is 5.97. The summed E-state index contributed by atoms with van der Waals surface area (Å²) in [4.78, 5) is 22.8. The molecule has 0 aromatic carbocycles. The minimum Gasteiger partial charge on any atom is -0.481 e. The molecule has 0 radical (unpaired) electrons. The maximum Gasteiger partial charge on any atom is 0.303 e. The Hall–Kier alpha value is -1.85. The summed E-state index contributed by atoms with van der Waals surface area (Å²) >= 11 is 0. The number of nitrogens with one attached hydrogen (secondary N) is 2. The van der Waals surface area contributed by atoms with Crippen LogP contribution in [-0.4, -0.2) is 33.7 Å². The van der Waals surface area contributed by atoms with Crippen LogP contribution in [0.1, 0.15) is 43.6 Å². The van der Waals surface area contributed by atoms with Crippen molar-refractivity contribution in [2.24, 2.45) is 11.8 Å². The second kappa shape index (κ2) is 7.81. The van der Waals surface area contributed by atoms with Crippen LogP contribution in [-0.2, 0) is 16.0 Å². The molecule has 0 aliphatic heterocycles. The average Bonchev–Trinajstić information content (AvgIpc) is 2.66. The molecule has 1 aromatic rings. The van der Waals surface area contributed by atoms with E-state index in [2.05, 4.69) is 29.4 Å². The standard InChI is InChI=1S/C15H25N3O3/c1-9(2)5-12(6-15(20)21)8-16-14(19)7-13-10(3)17-18-11(13)4/h9,12H,5-8H2,1-4H3,(H,16,19)(H,17,18)(H,20,21). The minimum absolute atomic E-state index is 0.0296. The lowest BCUT2D eigenvalue weighted by atomic mass is 9.94. The molecule has 6 nitrogen and oxygen atoms in total. The van der Waals surface area contributed by atoms with Gasteiger partial charge in [-0.25, -0.2) is 0 Å². The molecule has 1 atom stereocenters. The van der Waals surface area contributed by atoms with Gasteiger partial charge in [0.25, 0.3) is 0 Å². The van der Waals surface area contributed by atoms with Crippen molar-refractivity contribution < 1.29 is 14.7 Å². The van der Waals surface area contributed by atoms with Crippen LogP contribution in [0.2, 0.25) is 0 Å². The summed E-state index contributed by atoms with van der Waals surface area (Å²) in [6.45, 7) is 8.25. The van der Waals surface area contributed by atoms with Crippen LogP contribution < -0.4 is 5.32 Å². The Morgan fingerprint density at radius 3 is 2.48 bits per heavy atom. The first kappa shape index (κ1) is 17.2. The van der Waals surface area contributed by atoms with Crippen molar-refractivity contribution in [1.82, 2.24) is 15.5 Å². The molecule has 0 aliphatic rings. The lowest BCUT2D eigenvalue weighted by molar-refractivity contribution is -0.138. The molecule has 0 fully saturated rings. The van der Waals surface area contributed by atoms with Gasteiger partial charge in [0.05, 0.1) is 12.1 Å². The largest absolute Gasteiger partial charge is 0.481 e. The molecule has 1 heterocycles. The third-order valence-corrected chi connectivity index (χ3v) is 3.47. The number of hydrogen-bond donors (Lipinski definition) is 3. The highest BCUT2D eigenvalue weighted by Gasteiger charge is 2.17. The predicted octanol–water partition coefficient (Wildman–Crippen LogP) is 1.82. The molecule has 1 amide bonds. The number of amides is 1. The number of carboxylic acid groups (broad SMARTS) is 1. The maximum atomic E-state index is 12.0. The highest BCUT2D eigenvalue weighted by Crippen LogP contribution is 2.15. The average molecular weight is 295 g/mol. The summed E-state index contributed by atoms with van der Waals surface area (Å²) in [5.74, 6) is -0.541. The Morgan fingerprint density at radius 2 is 2.00 bits per heavy atom. The zero-order valence-electron chi connectivity index (χ0n) is 13.2. The van der Waals surface area contributed by atoms with Gasteiger partial charge in [0.2, 0.25) is 5.91 Å². The lowest BCUT2D eigenvalue weighted by Crippen LogP contribution is -2.32. The van der Waals surface area contributed by atoms with Crippen LogP contribution in [0.15, 0.2) is 0 Å². The predicted molar refractivity (Wildman–Crippen MR) is 80.0 cm³/mol. The fraction of sp³-hybridized carbons (Fsp3) is 0.667. The first-order valence-electron chi connectivity index (χ1n) is 7.28. The number of H-pyrrole nitrogens is 1. The molecule has 0 saturated heterocycles. The maximum absolute atomic E-state index is 12.0. The third-order valence-electron chi connectivity index (χ3n) is 3.47. The number of aromatic amines is 1. The van der Waals surface area contributed by atoms with Gasteiger partial charge in [0, 0.05) is 24.2 Å². The van der Waals surface area contributed by atoms with E-state index in [0.717, 1.165) is 23.4 Å². The molecule has 21 heavy (non-hydrogen) atoms. The SMILES string of the molecule is Cc1n[nH]c(C)c1CC(=O)NCC(CC(=O)O)CC(C)C. The van der Waals surface area contributed by atoms with Crippen molar-refractivity contribution in [2.75, 3.05) is 6.54 Å². The van der Waals surface area contributed by atoms with Crippen molar-refractivity contribution >= 4 is 11.9 Å². The van der Waals surface area contributed by atoms with E-state index in [1.807, 2.05) is 13.8 Å². The van der Waals surface area contributed by atoms with Crippen LogP contribution in [0.5, 0.6) is 0 Å². The van der Waals surface area contributed by atoms with Crippen LogP contribution in [0.4, 0.5) is 0 Å². The van der Waals surface area contributed by atoms with Gasteiger partial charge < -0.3 is 10.4 Å². The number of hydrogen-bond acceptors (Lipinski definition) is 3. The lowest BCUT2D eigenvalue weighted by Gasteiger charge is -2.17. The molecule has 0 spiro atoms. The quantitative estimate of drug-likeness (QED) is 0.681. The Labute approximate surface area is 125 Å².